The van der Waals surface area contributed by atoms with Crippen LogP contribution in [0.25, 0.3) is 0 Å². The Balaban J connectivity index is 2.40. The van der Waals surface area contributed by atoms with Crippen LogP contribution in [0.3, 0.4) is 0 Å². The first kappa shape index (κ1) is 14.1. The van der Waals surface area contributed by atoms with Crippen LogP contribution in [0.2, 0.25) is 0 Å². The summed E-state index contributed by atoms with van der Waals surface area (Å²) in [6.07, 6.45) is -3.80. The summed E-state index contributed by atoms with van der Waals surface area (Å²) in [6, 6.07) is 4.67. The highest BCUT2D eigenvalue weighted by Gasteiger charge is 2.33. The van der Waals surface area contributed by atoms with Gasteiger partial charge in [-0.3, -0.25) is 0 Å². The van der Waals surface area contributed by atoms with Crippen molar-refractivity contribution in [3.05, 3.63) is 47.5 Å². The quantitative estimate of drug-likeness (QED) is 0.851. The van der Waals surface area contributed by atoms with Crippen LogP contribution in [0.15, 0.2) is 30.5 Å². The molecule has 1 aromatic heterocycles. The van der Waals surface area contributed by atoms with Crippen LogP contribution in [0, 0.1) is 12.7 Å². The molecule has 3 nitrogen and oxygen atoms in total. The Bertz CT molecular complexity index is 641. The van der Waals surface area contributed by atoms with Crippen molar-refractivity contribution in [2.24, 2.45) is 0 Å². The molecule has 0 aliphatic heterocycles. The van der Waals surface area contributed by atoms with Crippen LogP contribution in [0.1, 0.15) is 11.3 Å². The van der Waals surface area contributed by atoms with Gasteiger partial charge in [0.15, 0.2) is 17.3 Å². The van der Waals surface area contributed by atoms with Gasteiger partial charge in [-0.15, -0.1) is 0 Å². The fourth-order valence-corrected chi connectivity index (χ4v) is 1.50. The van der Waals surface area contributed by atoms with E-state index in [-0.39, 0.29) is 17.2 Å². The Morgan fingerprint density at radius 3 is 2.50 bits per heavy atom. The zero-order chi connectivity index (χ0) is 14.9. The first-order chi connectivity index (χ1) is 9.27. The number of pyridine rings is 1. The Morgan fingerprint density at radius 1 is 1.15 bits per heavy atom. The summed E-state index contributed by atoms with van der Waals surface area (Å²) in [7, 11) is 0. The molecule has 0 aliphatic carbocycles. The lowest BCUT2D eigenvalue weighted by molar-refractivity contribution is -0.141. The van der Waals surface area contributed by atoms with Crippen molar-refractivity contribution in [1.29, 1.82) is 0 Å². The molecule has 0 spiro atoms. The number of nitrogens with zero attached hydrogens (tertiary/aromatic N) is 1. The van der Waals surface area contributed by atoms with E-state index in [0.29, 0.717) is 11.6 Å². The molecule has 0 amide bonds. The molecule has 0 bridgehead atoms. The van der Waals surface area contributed by atoms with Gasteiger partial charge in [0.1, 0.15) is 5.69 Å². The summed E-state index contributed by atoms with van der Waals surface area (Å²) in [5.41, 5.74) is 4.92. The lowest BCUT2D eigenvalue weighted by atomic mass is 10.2. The van der Waals surface area contributed by atoms with E-state index in [1.807, 2.05) is 0 Å². The minimum Gasteiger partial charge on any atom is -0.452 e. The molecule has 0 unspecified atom stereocenters. The van der Waals surface area contributed by atoms with Crippen LogP contribution in [0.5, 0.6) is 11.5 Å². The largest absolute Gasteiger partial charge is 0.452 e. The molecular weight excluding hydrogens is 276 g/mol. The number of hydrogen-bond donors (Lipinski definition) is 1. The Labute approximate surface area is 112 Å². The van der Waals surface area contributed by atoms with E-state index < -0.39 is 17.7 Å². The number of aryl methyl sites for hydroxylation is 1. The summed E-state index contributed by atoms with van der Waals surface area (Å²) in [5, 5.41) is 0. The number of rotatable bonds is 2. The normalized spacial score (nSPS) is 11.4. The summed E-state index contributed by atoms with van der Waals surface area (Å²) < 4.78 is 56.3. The van der Waals surface area contributed by atoms with Crippen LogP contribution in [-0.4, -0.2) is 4.98 Å². The predicted octanol–water partition coefficient (Wildman–Crippen LogP) is 3.92. The average molecular weight is 286 g/mol. The smallest absolute Gasteiger partial charge is 0.433 e. The van der Waals surface area contributed by atoms with Gasteiger partial charge in [-0.1, -0.05) is 6.07 Å². The molecule has 0 saturated heterocycles. The lowest BCUT2D eigenvalue weighted by Crippen LogP contribution is -2.09. The third-order valence-corrected chi connectivity index (χ3v) is 2.49. The maximum Gasteiger partial charge on any atom is 0.433 e. The van der Waals surface area contributed by atoms with Gasteiger partial charge in [0.2, 0.25) is 0 Å². The van der Waals surface area contributed by atoms with Crippen molar-refractivity contribution in [3.63, 3.8) is 0 Å². The van der Waals surface area contributed by atoms with Crippen molar-refractivity contribution in [3.8, 4) is 11.5 Å². The second-order valence-electron chi connectivity index (χ2n) is 4.14. The lowest BCUT2D eigenvalue weighted by Gasteiger charge is -2.12. The molecule has 0 aliphatic rings. The van der Waals surface area contributed by atoms with E-state index >= 15 is 0 Å². The van der Waals surface area contributed by atoms with Gasteiger partial charge in [-0.2, -0.15) is 13.2 Å². The van der Waals surface area contributed by atoms with E-state index in [0.717, 1.165) is 12.3 Å². The summed E-state index contributed by atoms with van der Waals surface area (Å²) >= 11 is 0. The molecule has 0 atom stereocenters. The monoisotopic (exact) mass is 286 g/mol. The first-order valence-electron chi connectivity index (χ1n) is 5.54. The molecule has 1 heterocycles. The molecule has 0 saturated carbocycles. The zero-order valence-electron chi connectivity index (χ0n) is 10.3. The molecule has 106 valence electrons. The molecular formula is C13H10F4N2O. The van der Waals surface area contributed by atoms with Crippen LogP contribution in [0.4, 0.5) is 23.2 Å². The van der Waals surface area contributed by atoms with Crippen molar-refractivity contribution in [2.75, 3.05) is 5.73 Å². The van der Waals surface area contributed by atoms with E-state index in [4.69, 9.17) is 10.5 Å². The van der Waals surface area contributed by atoms with Crippen LogP contribution in [-0.2, 0) is 6.18 Å². The third kappa shape index (κ3) is 2.98. The number of benzene rings is 1. The van der Waals surface area contributed by atoms with E-state index in [1.54, 1.807) is 6.92 Å². The molecule has 2 aromatic rings. The SMILES string of the molecule is Cc1ccc(F)c(Oc2cc(C(F)(F)F)ncc2N)c1. The highest BCUT2D eigenvalue weighted by atomic mass is 19.4. The van der Waals surface area contributed by atoms with Crippen LogP contribution < -0.4 is 10.5 Å². The third-order valence-electron chi connectivity index (χ3n) is 2.49. The molecule has 20 heavy (non-hydrogen) atoms. The van der Waals surface area contributed by atoms with Gasteiger partial charge >= 0.3 is 6.18 Å². The molecule has 7 heteroatoms. The molecule has 2 rings (SSSR count). The van der Waals surface area contributed by atoms with Gasteiger partial charge < -0.3 is 10.5 Å². The number of alkyl halides is 3. The second kappa shape index (κ2) is 4.99. The number of ether oxygens (including phenoxy) is 1. The Hall–Kier alpha value is -2.31. The first-order valence-corrected chi connectivity index (χ1v) is 5.54. The van der Waals surface area contributed by atoms with E-state index in [1.165, 1.54) is 12.1 Å². The minimum atomic E-state index is -4.63. The molecule has 0 radical (unpaired) electrons. The van der Waals surface area contributed by atoms with Gasteiger partial charge in [-0.05, 0) is 24.6 Å². The van der Waals surface area contributed by atoms with Crippen molar-refractivity contribution < 1.29 is 22.3 Å². The maximum atomic E-state index is 13.5. The Kier molecular flexibility index (Phi) is 3.52. The van der Waals surface area contributed by atoms with Crippen molar-refractivity contribution in [1.82, 2.24) is 4.98 Å². The Morgan fingerprint density at radius 2 is 1.85 bits per heavy atom. The molecule has 1 aromatic carbocycles. The fraction of sp³-hybridized carbons (Fsp3) is 0.154. The predicted molar refractivity (Wildman–Crippen MR) is 64.9 cm³/mol. The standard InChI is InChI=1S/C13H10F4N2O/c1-7-2-3-8(14)10(4-7)20-11-5-12(13(15,16)17)19-6-9(11)18/h2-6H,18H2,1H3. The molecule has 0 fully saturated rings. The highest BCUT2D eigenvalue weighted by molar-refractivity contribution is 5.53. The number of hydrogen-bond acceptors (Lipinski definition) is 3. The number of anilines is 1. The second-order valence-corrected chi connectivity index (χ2v) is 4.14. The summed E-state index contributed by atoms with van der Waals surface area (Å²) in [4.78, 5) is 3.17. The van der Waals surface area contributed by atoms with E-state index in [2.05, 4.69) is 4.98 Å². The van der Waals surface area contributed by atoms with Gasteiger partial charge in [-0.25, -0.2) is 9.37 Å². The highest BCUT2D eigenvalue weighted by Crippen LogP contribution is 2.35. The van der Waals surface area contributed by atoms with Gasteiger partial charge in [0, 0.05) is 6.07 Å². The fourth-order valence-electron chi connectivity index (χ4n) is 1.50. The molecule has 2 N–H and O–H groups in total. The van der Waals surface area contributed by atoms with E-state index in [9.17, 15) is 17.6 Å². The van der Waals surface area contributed by atoms with Gasteiger partial charge in [0.25, 0.3) is 0 Å². The van der Waals surface area contributed by atoms with Crippen molar-refractivity contribution >= 4 is 5.69 Å². The summed E-state index contributed by atoms with van der Waals surface area (Å²) in [5.74, 6) is -1.19. The summed E-state index contributed by atoms with van der Waals surface area (Å²) in [6.45, 7) is 1.70. The topological polar surface area (TPSA) is 48.1 Å². The van der Waals surface area contributed by atoms with Gasteiger partial charge in [0.05, 0.1) is 11.9 Å². The number of halogens is 4. The zero-order valence-corrected chi connectivity index (χ0v) is 10.3. The number of nitrogen functional groups attached to an aromatic ring is 1. The van der Waals surface area contributed by atoms with Crippen LogP contribution >= 0.6 is 0 Å². The maximum absolute atomic E-state index is 13.5. The number of nitrogens with two attached hydrogens (primary N) is 1. The average Bonchev–Trinajstić information content (AvgIpc) is 2.35. The number of aromatic nitrogens is 1. The minimum absolute atomic E-state index is 0.112. The van der Waals surface area contributed by atoms with Crippen molar-refractivity contribution in [2.45, 2.75) is 13.1 Å².